The van der Waals surface area contributed by atoms with Crippen molar-refractivity contribution in [3.63, 3.8) is 0 Å². The molecule has 4 heterocycles. The number of rotatable bonds is 9. The average Bonchev–Trinajstić information content (AvgIpc) is 3.63. The number of pyridine rings is 1. The van der Waals surface area contributed by atoms with Crippen molar-refractivity contribution in [2.24, 2.45) is 5.92 Å². The quantitative estimate of drug-likeness (QED) is 0.189. The standard InChI is InChI=1S/C34H38BrN5O2/c1-39-16-4-9-32(39)30-19-26-21-36-33(20-29(26)37-30)38-34(42)25-12-10-23(11-13-25)5-2-6-24-14-17-40(18-15-24)31-8-3-7-28(35)27(31)22-41/h3,7-8,10-13,19-22,24,32,37H,2,4-6,9,14-18H2,1H3,(H,36,38,42)/t32-/m1/s1. The Hall–Kier alpha value is -3.49. The summed E-state index contributed by atoms with van der Waals surface area (Å²) in [5, 5.41) is 4.03. The fraction of sp³-hybridized carbons (Fsp3) is 0.382. The number of hydrogen-bond acceptors (Lipinski definition) is 5. The van der Waals surface area contributed by atoms with E-state index >= 15 is 0 Å². The van der Waals surface area contributed by atoms with E-state index in [4.69, 9.17) is 0 Å². The summed E-state index contributed by atoms with van der Waals surface area (Å²) in [5.41, 5.74) is 5.87. The SMILES string of the molecule is CN1CCC[C@@H]1c1cc2cnc(NC(=O)c3ccc(CCCC4CCN(c5cccc(Br)c5C=O)CC4)cc3)cc2[nH]1. The van der Waals surface area contributed by atoms with E-state index in [1.807, 2.05) is 42.6 Å². The highest BCUT2D eigenvalue weighted by molar-refractivity contribution is 9.10. The molecular formula is C34H38BrN5O2. The summed E-state index contributed by atoms with van der Waals surface area (Å²) in [6.07, 6.45) is 10.8. The normalized spacial score (nSPS) is 18.0. The number of carbonyl (C=O) groups is 2. The molecule has 2 aliphatic heterocycles. The monoisotopic (exact) mass is 627 g/mol. The molecule has 0 aliphatic carbocycles. The van der Waals surface area contributed by atoms with Gasteiger partial charge in [-0.2, -0.15) is 0 Å². The van der Waals surface area contributed by atoms with E-state index < -0.39 is 0 Å². The Labute approximate surface area is 255 Å². The number of carbonyl (C=O) groups excluding carboxylic acids is 2. The van der Waals surface area contributed by atoms with Crippen LogP contribution in [0.15, 0.2) is 65.3 Å². The molecule has 0 saturated carbocycles. The van der Waals surface area contributed by atoms with E-state index in [0.717, 1.165) is 84.7 Å². The smallest absolute Gasteiger partial charge is 0.256 e. The Morgan fingerprint density at radius 2 is 1.90 bits per heavy atom. The van der Waals surface area contributed by atoms with Crippen LogP contribution in [0.3, 0.4) is 0 Å². The van der Waals surface area contributed by atoms with Gasteiger partial charge >= 0.3 is 0 Å². The van der Waals surface area contributed by atoms with Gasteiger partial charge in [-0.1, -0.05) is 18.2 Å². The summed E-state index contributed by atoms with van der Waals surface area (Å²) in [4.78, 5) is 37.3. The third-order valence-electron chi connectivity index (χ3n) is 9.04. The molecule has 7 nitrogen and oxygen atoms in total. The molecule has 0 bridgehead atoms. The van der Waals surface area contributed by atoms with Gasteiger partial charge in [0.25, 0.3) is 5.91 Å². The Morgan fingerprint density at radius 1 is 1.10 bits per heavy atom. The molecule has 2 fully saturated rings. The first-order valence-electron chi connectivity index (χ1n) is 15.1. The number of hydrogen-bond donors (Lipinski definition) is 2. The zero-order valence-corrected chi connectivity index (χ0v) is 25.7. The number of fused-ring (bicyclic) bond motifs is 1. The van der Waals surface area contributed by atoms with Crippen LogP contribution in [-0.2, 0) is 6.42 Å². The van der Waals surface area contributed by atoms with Crippen molar-refractivity contribution >= 4 is 50.5 Å². The molecule has 2 aromatic heterocycles. The lowest BCUT2D eigenvalue weighted by atomic mass is 9.90. The predicted molar refractivity (Wildman–Crippen MR) is 172 cm³/mol. The lowest BCUT2D eigenvalue weighted by Gasteiger charge is -2.34. The molecule has 4 aromatic rings. The van der Waals surface area contributed by atoms with Crippen LogP contribution >= 0.6 is 15.9 Å². The number of piperidine rings is 1. The molecule has 2 saturated heterocycles. The molecule has 0 spiro atoms. The number of H-pyrrole nitrogens is 1. The van der Waals surface area contributed by atoms with E-state index in [-0.39, 0.29) is 5.91 Å². The predicted octanol–water partition coefficient (Wildman–Crippen LogP) is 7.40. The average molecular weight is 629 g/mol. The van der Waals surface area contributed by atoms with Crippen LogP contribution in [0.5, 0.6) is 0 Å². The zero-order chi connectivity index (χ0) is 29.1. The zero-order valence-electron chi connectivity index (χ0n) is 24.1. The minimum atomic E-state index is -0.148. The van der Waals surface area contributed by atoms with Gasteiger partial charge in [0.1, 0.15) is 5.82 Å². The van der Waals surface area contributed by atoms with Crippen molar-refractivity contribution in [2.45, 2.75) is 51.0 Å². The second-order valence-corrected chi connectivity index (χ2v) is 12.6. The fourth-order valence-corrected chi connectivity index (χ4v) is 7.04. The number of nitrogens with zero attached hydrogens (tertiary/aromatic N) is 3. The maximum absolute atomic E-state index is 12.9. The first-order valence-corrected chi connectivity index (χ1v) is 15.9. The lowest BCUT2D eigenvalue weighted by molar-refractivity contribution is 0.102. The highest BCUT2D eigenvalue weighted by atomic mass is 79.9. The van der Waals surface area contributed by atoms with Crippen molar-refractivity contribution in [3.8, 4) is 0 Å². The van der Waals surface area contributed by atoms with Crippen LogP contribution in [0.25, 0.3) is 10.9 Å². The van der Waals surface area contributed by atoms with Gasteiger partial charge in [-0.05, 0) is 116 Å². The number of likely N-dealkylation sites (tertiary alicyclic amines) is 1. The van der Waals surface area contributed by atoms with E-state index in [0.29, 0.717) is 23.3 Å². The van der Waals surface area contributed by atoms with Gasteiger partial charge in [-0.25, -0.2) is 4.98 Å². The van der Waals surface area contributed by atoms with Crippen LogP contribution < -0.4 is 10.2 Å². The van der Waals surface area contributed by atoms with E-state index in [2.05, 4.69) is 66.3 Å². The maximum Gasteiger partial charge on any atom is 0.256 e. The summed E-state index contributed by atoms with van der Waals surface area (Å²) < 4.78 is 0.858. The minimum absolute atomic E-state index is 0.148. The summed E-state index contributed by atoms with van der Waals surface area (Å²) in [7, 11) is 2.17. The second kappa shape index (κ2) is 12.8. The molecule has 6 rings (SSSR count). The third kappa shape index (κ3) is 6.30. The molecule has 1 atom stereocenters. The van der Waals surface area contributed by atoms with Crippen molar-refractivity contribution in [1.82, 2.24) is 14.9 Å². The van der Waals surface area contributed by atoms with Crippen LogP contribution in [0.4, 0.5) is 11.5 Å². The molecule has 8 heteroatoms. The number of aromatic amines is 1. The van der Waals surface area contributed by atoms with Gasteiger partial charge in [-0.15, -0.1) is 0 Å². The molecule has 2 N–H and O–H groups in total. The minimum Gasteiger partial charge on any atom is -0.371 e. The number of nitrogens with one attached hydrogen (secondary N) is 2. The van der Waals surface area contributed by atoms with Crippen molar-refractivity contribution < 1.29 is 9.59 Å². The Balaban J connectivity index is 0.973. The van der Waals surface area contributed by atoms with E-state index in [1.54, 1.807) is 0 Å². The molecule has 0 radical (unpaired) electrons. The van der Waals surface area contributed by atoms with Gasteiger partial charge in [0, 0.05) is 58.2 Å². The number of aromatic nitrogens is 2. The van der Waals surface area contributed by atoms with Crippen molar-refractivity contribution in [1.29, 1.82) is 0 Å². The largest absolute Gasteiger partial charge is 0.371 e. The number of halogens is 1. The van der Waals surface area contributed by atoms with Gasteiger partial charge in [0.15, 0.2) is 6.29 Å². The van der Waals surface area contributed by atoms with Gasteiger partial charge in [-0.3, -0.25) is 14.5 Å². The molecular weight excluding hydrogens is 590 g/mol. The molecule has 218 valence electrons. The number of aryl methyl sites for hydroxylation is 1. The van der Waals surface area contributed by atoms with Gasteiger partial charge in [0.2, 0.25) is 0 Å². The number of benzene rings is 2. The van der Waals surface area contributed by atoms with Gasteiger partial charge < -0.3 is 15.2 Å². The topological polar surface area (TPSA) is 81.3 Å². The summed E-state index contributed by atoms with van der Waals surface area (Å²) in [6.45, 7) is 3.09. The fourth-order valence-electron chi connectivity index (χ4n) is 6.59. The molecule has 2 aliphatic rings. The number of anilines is 2. The van der Waals surface area contributed by atoms with Gasteiger partial charge in [0.05, 0.1) is 11.1 Å². The highest BCUT2D eigenvalue weighted by Gasteiger charge is 2.24. The second-order valence-electron chi connectivity index (χ2n) is 11.8. The van der Waals surface area contributed by atoms with Crippen molar-refractivity contribution in [3.05, 3.63) is 87.7 Å². The Morgan fingerprint density at radius 3 is 2.64 bits per heavy atom. The molecule has 1 amide bonds. The third-order valence-corrected chi connectivity index (χ3v) is 9.73. The first-order chi connectivity index (χ1) is 20.5. The molecule has 2 aromatic carbocycles. The summed E-state index contributed by atoms with van der Waals surface area (Å²) in [6, 6.07) is 18.4. The summed E-state index contributed by atoms with van der Waals surface area (Å²) >= 11 is 3.50. The highest BCUT2D eigenvalue weighted by Crippen LogP contribution is 2.33. The van der Waals surface area contributed by atoms with E-state index in [9.17, 15) is 9.59 Å². The van der Waals surface area contributed by atoms with Crippen LogP contribution in [-0.4, -0.2) is 53.7 Å². The number of aldehydes is 1. The van der Waals surface area contributed by atoms with Crippen molar-refractivity contribution in [2.75, 3.05) is 36.9 Å². The van der Waals surface area contributed by atoms with Crippen LogP contribution in [0, 0.1) is 5.92 Å². The lowest BCUT2D eigenvalue weighted by Crippen LogP contribution is -2.34. The maximum atomic E-state index is 12.9. The van der Waals surface area contributed by atoms with Crippen LogP contribution in [0.2, 0.25) is 0 Å². The Kier molecular flexibility index (Phi) is 8.72. The van der Waals surface area contributed by atoms with Crippen LogP contribution in [0.1, 0.15) is 76.5 Å². The summed E-state index contributed by atoms with van der Waals surface area (Å²) in [5.74, 6) is 1.11. The van der Waals surface area contributed by atoms with E-state index in [1.165, 1.54) is 24.1 Å². The Bertz CT molecular complexity index is 1560. The number of amides is 1. The first kappa shape index (κ1) is 28.6. The molecule has 42 heavy (non-hydrogen) atoms. The molecule has 0 unspecified atom stereocenters.